The van der Waals surface area contributed by atoms with Crippen LogP contribution >= 0.6 is 11.3 Å². The van der Waals surface area contributed by atoms with Crippen molar-refractivity contribution < 1.29 is 17.5 Å². The smallest absolute Gasteiger partial charge is 0.274 e. The molecule has 154 valence electrons. The molecule has 0 spiro atoms. The standard InChI is InChI=1S/C21H23FN2O3S2/c1-14-6-7-15(2)20-19(14)23-21(28-20)27-18-8-10-24(11-9-18)29(25,26)13-16-4-3-5-17(22)12-16/h3-7,12,18H,8-11,13H2,1-2H3. The number of hydrogen-bond donors (Lipinski definition) is 0. The Hall–Kier alpha value is -2.03. The molecule has 0 saturated carbocycles. The van der Waals surface area contributed by atoms with Gasteiger partial charge in [-0.2, -0.15) is 0 Å². The Labute approximate surface area is 174 Å². The highest BCUT2D eigenvalue weighted by Gasteiger charge is 2.29. The van der Waals surface area contributed by atoms with E-state index in [1.807, 2.05) is 6.92 Å². The van der Waals surface area contributed by atoms with Gasteiger partial charge in [0.25, 0.3) is 5.19 Å². The van der Waals surface area contributed by atoms with E-state index in [1.54, 1.807) is 17.4 Å². The first-order chi connectivity index (χ1) is 13.8. The van der Waals surface area contributed by atoms with Crippen LogP contribution in [0.5, 0.6) is 5.19 Å². The second-order valence-corrected chi connectivity index (χ2v) is 10.4. The molecule has 1 fully saturated rings. The first kappa shape index (κ1) is 20.3. The largest absolute Gasteiger partial charge is 0.467 e. The Kier molecular flexibility index (Phi) is 5.59. The quantitative estimate of drug-likeness (QED) is 0.596. The Morgan fingerprint density at radius 1 is 1.17 bits per heavy atom. The van der Waals surface area contributed by atoms with E-state index >= 15 is 0 Å². The van der Waals surface area contributed by atoms with Crippen molar-refractivity contribution in [3.8, 4) is 5.19 Å². The maximum absolute atomic E-state index is 13.3. The first-order valence-corrected chi connectivity index (χ1v) is 12.0. The van der Waals surface area contributed by atoms with Gasteiger partial charge in [-0.3, -0.25) is 0 Å². The fraction of sp³-hybridized carbons (Fsp3) is 0.381. The molecule has 1 saturated heterocycles. The molecule has 8 heteroatoms. The van der Waals surface area contributed by atoms with E-state index in [-0.39, 0.29) is 11.9 Å². The Morgan fingerprint density at radius 3 is 2.59 bits per heavy atom. The van der Waals surface area contributed by atoms with Gasteiger partial charge < -0.3 is 4.74 Å². The summed E-state index contributed by atoms with van der Waals surface area (Å²) in [5, 5.41) is 0.637. The molecule has 2 aromatic carbocycles. The maximum atomic E-state index is 13.3. The van der Waals surface area contributed by atoms with E-state index in [0.29, 0.717) is 36.7 Å². The summed E-state index contributed by atoms with van der Waals surface area (Å²) < 4.78 is 47.4. The predicted molar refractivity (Wildman–Crippen MR) is 113 cm³/mol. The highest BCUT2D eigenvalue weighted by atomic mass is 32.2. The Balaban J connectivity index is 1.39. The highest BCUT2D eigenvalue weighted by molar-refractivity contribution is 7.88. The number of sulfonamides is 1. The van der Waals surface area contributed by atoms with Gasteiger partial charge in [-0.25, -0.2) is 22.1 Å². The normalized spacial score (nSPS) is 16.4. The molecule has 5 nitrogen and oxygen atoms in total. The first-order valence-electron chi connectivity index (χ1n) is 9.57. The SMILES string of the molecule is Cc1ccc(C)c2sc(OC3CCN(S(=O)(=O)Cc4cccc(F)c4)CC3)nc12. The van der Waals surface area contributed by atoms with Gasteiger partial charge in [0.2, 0.25) is 10.0 Å². The van der Waals surface area contributed by atoms with Crippen molar-refractivity contribution in [1.29, 1.82) is 0 Å². The molecule has 2 heterocycles. The van der Waals surface area contributed by atoms with Crippen LogP contribution in [0.3, 0.4) is 0 Å². The molecule has 1 aromatic heterocycles. The number of nitrogens with zero attached hydrogens (tertiary/aromatic N) is 2. The molecule has 0 amide bonds. The summed E-state index contributed by atoms with van der Waals surface area (Å²) >= 11 is 1.54. The lowest BCUT2D eigenvalue weighted by molar-refractivity contribution is 0.135. The van der Waals surface area contributed by atoms with Crippen LogP contribution in [0, 0.1) is 19.7 Å². The molecule has 1 aliphatic rings. The van der Waals surface area contributed by atoms with Gasteiger partial charge in [0.05, 0.1) is 16.0 Å². The fourth-order valence-electron chi connectivity index (χ4n) is 3.59. The van der Waals surface area contributed by atoms with Crippen LogP contribution in [0.25, 0.3) is 10.2 Å². The lowest BCUT2D eigenvalue weighted by atomic mass is 10.1. The van der Waals surface area contributed by atoms with Gasteiger partial charge in [-0.1, -0.05) is 35.6 Å². The summed E-state index contributed by atoms with van der Waals surface area (Å²) in [6.45, 7) is 4.88. The zero-order valence-corrected chi connectivity index (χ0v) is 18.0. The molecule has 0 unspecified atom stereocenters. The number of piperidine rings is 1. The Bertz CT molecular complexity index is 1100. The average molecular weight is 435 g/mol. The monoisotopic (exact) mass is 434 g/mol. The van der Waals surface area contributed by atoms with Gasteiger partial charge in [0.1, 0.15) is 11.9 Å². The summed E-state index contributed by atoms with van der Waals surface area (Å²) in [6.07, 6.45) is 1.16. The average Bonchev–Trinajstić information content (AvgIpc) is 3.10. The number of halogens is 1. The van der Waals surface area contributed by atoms with Crippen molar-refractivity contribution in [2.45, 2.75) is 38.5 Å². The number of thiazole rings is 1. The summed E-state index contributed by atoms with van der Waals surface area (Å²) in [5.41, 5.74) is 3.73. The minimum atomic E-state index is -3.48. The van der Waals surface area contributed by atoms with Crippen molar-refractivity contribution >= 4 is 31.6 Å². The minimum Gasteiger partial charge on any atom is -0.467 e. The van der Waals surface area contributed by atoms with Gasteiger partial charge in [0.15, 0.2) is 0 Å². The highest BCUT2D eigenvalue weighted by Crippen LogP contribution is 2.33. The minimum absolute atomic E-state index is 0.0585. The molecule has 3 aromatic rings. The second kappa shape index (κ2) is 8.01. The van der Waals surface area contributed by atoms with E-state index < -0.39 is 15.8 Å². The summed E-state index contributed by atoms with van der Waals surface area (Å²) in [4.78, 5) is 4.63. The molecular weight excluding hydrogens is 411 g/mol. The zero-order chi connectivity index (χ0) is 20.6. The van der Waals surface area contributed by atoms with Crippen LogP contribution in [0.4, 0.5) is 4.39 Å². The predicted octanol–water partition coefficient (Wildman–Crippen LogP) is 4.43. The van der Waals surface area contributed by atoms with Crippen molar-refractivity contribution in [2.24, 2.45) is 0 Å². The second-order valence-electron chi connectivity index (χ2n) is 7.46. The number of hydrogen-bond acceptors (Lipinski definition) is 5. The van der Waals surface area contributed by atoms with Gasteiger partial charge in [-0.15, -0.1) is 0 Å². The summed E-state index contributed by atoms with van der Waals surface area (Å²) in [7, 11) is -3.48. The molecular formula is C21H23FN2O3S2. The van der Waals surface area contributed by atoms with Crippen LogP contribution in [0.1, 0.15) is 29.5 Å². The lowest BCUT2D eigenvalue weighted by Crippen LogP contribution is -2.42. The third kappa shape index (κ3) is 4.44. The lowest BCUT2D eigenvalue weighted by Gasteiger charge is -2.30. The van der Waals surface area contributed by atoms with Gasteiger partial charge in [-0.05, 0) is 55.5 Å². The van der Waals surface area contributed by atoms with Crippen molar-refractivity contribution in [3.63, 3.8) is 0 Å². The number of fused-ring (bicyclic) bond motifs is 1. The van der Waals surface area contributed by atoms with Crippen LogP contribution in [0.15, 0.2) is 36.4 Å². The number of aryl methyl sites for hydroxylation is 2. The molecule has 0 aliphatic carbocycles. The number of benzene rings is 2. The molecule has 0 radical (unpaired) electrons. The van der Waals surface area contributed by atoms with Gasteiger partial charge >= 0.3 is 0 Å². The van der Waals surface area contributed by atoms with Gasteiger partial charge in [0, 0.05) is 13.1 Å². The fourth-order valence-corrected chi connectivity index (χ4v) is 6.17. The third-order valence-corrected chi connectivity index (χ3v) is 8.15. The van der Waals surface area contributed by atoms with Crippen molar-refractivity contribution in [1.82, 2.24) is 9.29 Å². The van der Waals surface area contributed by atoms with Crippen LogP contribution < -0.4 is 4.74 Å². The van der Waals surface area contributed by atoms with E-state index in [4.69, 9.17) is 4.74 Å². The number of rotatable bonds is 5. The van der Waals surface area contributed by atoms with Crippen LogP contribution in [-0.4, -0.2) is 36.9 Å². The summed E-state index contributed by atoms with van der Waals surface area (Å²) in [5.74, 6) is -0.613. The molecule has 29 heavy (non-hydrogen) atoms. The zero-order valence-electron chi connectivity index (χ0n) is 16.4. The molecule has 4 rings (SSSR count). The third-order valence-electron chi connectivity index (χ3n) is 5.22. The van der Waals surface area contributed by atoms with E-state index in [9.17, 15) is 12.8 Å². The van der Waals surface area contributed by atoms with Crippen LogP contribution in [-0.2, 0) is 15.8 Å². The molecule has 0 bridgehead atoms. The van der Waals surface area contributed by atoms with E-state index in [2.05, 4.69) is 24.0 Å². The van der Waals surface area contributed by atoms with Crippen molar-refractivity contribution in [2.75, 3.05) is 13.1 Å². The number of ether oxygens (including phenoxy) is 1. The molecule has 0 atom stereocenters. The summed E-state index contributed by atoms with van der Waals surface area (Å²) in [6, 6.07) is 9.88. The Morgan fingerprint density at radius 2 is 1.90 bits per heavy atom. The molecule has 0 N–H and O–H groups in total. The number of aromatic nitrogens is 1. The van der Waals surface area contributed by atoms with E-state index in [1.165, 1.54) is 28.1 Å². The maximum Gasteiger partial charge on any atom is 0.274 e. The molecule has 1 aliphatic heterocycles. The topological polar surface area (TPSA) is 59.5 Å². The van der Waals surface area contributed by atoms with Crippen LogP contribution in [0.2, 0.25) is 0 Å². The van der Waals surface area contributed by atoms with E-state index in [0.717, 1.165) is 15.8 Å². The van der Waals surface area contributed by atoms with Crippen molar-refractivity contribution in [3.05, 3.63) is 58.9 Å².